The lowest BCUT2D eigenvalue weighted by Gasteiger charge is -2.18. The number of ketones is 1. The number of Topliss-reactive ketones (excluding diaryl/α,β-unsaturated/α-hetero) is 1. The van der Waals surface area contributed by atoms with Crippen LogP contribution in [-0.2, 0) is 21.4 Å². The number of carbonyl (C=O) groups is 3. The second-order valence-electron chi connectivity index (χ2n) is 6.47. The Labute approximate surface area is 168 Å². The van der Waals surface area contributed by atoms with E-state index in [1.165, 1.54) is 18.9 Å². The van der Waals surface area contributed by atoms with Gasteiger partial charge in [0.15, 0.2) is 6.61 Å². The van der Waals surface area contributed by atoms with Crippen molar-refractivity contribution in [3.8, 4) is 11.5 Å². The number of aryl methyl sites for hydroxylation is 2. The first-order chi connectivity index (χ1) is 13.7. The summed E-state index contributed by atoms with van der Waals surface area (Å²) in [4.78, 5) is 36.6. The monoisotopic (exact) mass is 403 g/mol. The normalized spacial score (nSPS) is 11.5. The van der Waals surface area contributed by atoms with Gasteiger partial charge in [0.05, 0.1) is 31.5 Å². The SMILES string of the molecule is COc1ccc(OC)c(C(C)NC(=O)COC(=O)C(=O)c2c(C)nn(C)c2C)c1. The second-order valence-corrected chi connectivity index (χ2v) is 6.47. The molecule has 156 valence electrons. The molecule has 1 N–H and O–H groups in total. The molecule has 0 spiro atoms. The molecule has 0 aliphatic rings. The summed E-state index contributed by atoms with van der Waals surface area (Å²) in [5, 5.41) is 6.80. The van der Waals surface area contributed by atoms with Crippen LogP contribution in [0, 0.1) is 13.8 Å². The number of ether oxygens (including phenoxy) is 3. The smallest absolute Gasteiger partial charge is 0.380 e. The molecule has 0 aliphatic carbocycles. The Bertz CT molecular complexity index is 935. The highest BCUT2D eigenvalue weighted by Crippen LogP contribution is 2.29. The van der Waals surface area contributed by atoms with Crippen molar-refractivity contribution in [2.45, 2.75) is 26.8 Å². The molecule has 0 radical (unpaired) electrons. The quantitative estimate of drug-likeness (QED) is 0.406. The van der Waals surface area contributed by atoms with Crippen LogP contribution in [0.4, 0.5) is 0 Å². The number of aromatic nitrogens is 2. The van der Waals surface area contributed by atoms with Gasteiger partial charge in [-0.2, -0.15) is 5.10 Å². The maximum Gasteiger partial charge on any atom is 0.380 e. The van der Waals surface area contributed by atoms with E-state index in [0.717, 1.165) is 0 Å². The van der Waals surface area contributed by atoms with Gasteiger partial charge in [-0.15, -0.1) is 0 Å². The Morgan fingerprint density at radius 1 is 1.17 bits per heavy atom. The molecule has 1 amide bonds. The first-order valence-electron chi connectivity index (χ1n) is 8.92. The molecule has 2 rings (SSSR count). The van der Waals surface area contributed by atoms with Gasteiger partial charge < -0.3 is 19.5 Å². The van der Waals surface area contributed by atoms with E-state index in [4.69, 9.17) is 14.2 Å². The molecular weight excluding hydrogens is 378 g/mol. The Hall–Kier alpha value is -3.36. The summed E-state index contributed by atoms with van der Waals surface area (Å²) in [6.45, 7) is 4.48. The summed E-state index contributed by atoms with van der Waals surface area (Å²) >= 11 is 0. The van der Waals surface area contributed by atoms with E-state index < -0.39 is 30.3 Å². The highest BCUT2D eigenvalue weighted by atomic mass is 16.5. The van der Waals surface area contributed by atoms with E-state index in [1.807, 2.05) is 0 Å². The lowest BCUT2D eigenvalue weighted by atomic mass is 10.1. The van der Waals surface area contributed by atoms with Crippen LogP contribution in [0.3, 0.4) is 0 Å². The van der Waals surface area contributed by atoms with Gasteiger partial charge in [0.25, 0.3) is 11.7 Å². The van der Waals surface area contributed by atoms with Crippen LogP contribution in [0.15, 0.2) is 18.2 Å². The lowest BCUT2D eigenvalue weighted by Crippen LogP contribution is -2.32. The summed E-state index contributed by atoms with van der Waals surface area (Å²) in [6, 6.07) is 4.78. The zero-order valence-electron chi connectivity index (χ0n) is 17.4. The molecule has 1 aromatic carbocycles. The fraction of sp³-hybridized carbons (Fsp3) is 0.400. The average molecular weight is 403 g/mol. The molecule has 0 aliphatic heterocycles. The van der Waals surface area contributed by atoms with Gasteiger partial charge in [-0.3, -0.25) is 14.3 Å². The first-order valence-corrected chi connectivity index (χ1v) is 8.92. The van der Waals surface area contributed by atoms with Crippen LogP contribution in [0.1, 0.15) is 40.3 Å². The standard InChI is InChI=1S/C20H25N3O6/c1-11(15-9-14(27-5)7-8-16(15)28-6)21-17(24)10-29-20(26)19(25)18-12(2)22-23(4)13(18)3/h7-9,11H,10H2,1-6H3,(H,21,24). The number of methoxy groups -OCH3 is 2. The maximum absolute atomic E-state index is 12.3. The minimum atomic E-state index is -1.11. The number of amides is 1. The van der Waals surface area contributed by atoms with Crippen LogP contribution in [0.5, 0.6) is 11.5 Å². The summed E-state index contributed by atoms with van der Waals surface area (Å²) in [7, 11) is 4.73. The minimum absolute atomic E-state index is 0.187. The molecule has 1 aromatic heterocycles. The number of rotatable bonds is 8. The molecule has 2 aromatic rings. The highest BCUT2D eigenvalue weighted by molar-refractivity contribution is 6.41. The first kappa shape index (κ1) is 21.9. The van der Waals surface area contributed by atoms with E-state index in [-0.39, 0.29) is 5.56 Å². The van der Waals surface area contributed by atoms with E-state index in [1.54, 1.807) is 46.0 Å². The second kappa shape index (κ2) is 9.22. The predicted molar refractivity (Wildman–Crippen MR) is 104 cm³/mol. The highest BCUT2D eigenvalue weighted by Gasteiger charge is 2.26. The topological polar surface area (TPSA) is 109 Å². The predicted octanol–water partition coefficient (Wildman–Crippen LogP) is 1.66. The van der Waals surface area contributed by atoms with Crippen molar-refractivity contribution >= 4 is 17.7 Å². The van der Waals surface area contributed by atoms with E-state index >= 15 is 0 Å². The van der Waals surface area contributed by atoms with Crippen LogP contribution in [0.25, 0.3) is 0 Å². The molecule has 29 heavy (non-hydrogen) atoms. The molecule has 0 bridgehead atoms. The van der Waals surface area contributed by atoms with Crippen LogP contribution >= 0.6 is 0 Å². The number of hydrogen-bond donors (Lipinski definition) is 1. The Kier molecular flexibility index (Phi) is 6.98. The van der Waals surface area contributed by atoms with E-state index in [2.05, 4.69) is 10.4 Å². The van der Waals surface area contributed by atoms with Gasteiger partial charge in [-0.05, 0) is 39.0 Å². The van der Waals surface area contributed by atoms with Gasteiger partial charge in [-0.25, -0.2) is 4.79 Å². The Balaban J connectivity index is 1.99. The summed E-state index contributed by atoms with van der Waals surface area (Å²) in [5.41, 5.74) is 1.86. The van der Waals surface area contributed by atoms with Crippen LogP contribution < -0.4 is 14.8 Å². The van der Waals surface area contributed by atoms with E-state index in [9.17, 15) is 14.4 Å². The number of carbonyl (C=O) groups excluding carboxylic acids is 3. The third-order valence-corrected chi connectivity index (χ3v) is 4.54. The van der Waals surface area contributed by atoms with Gasteiger partial charge in [0.1, 0.15) is 11.5 Å². The molecule has 0 saturated carbocycles. The summed E-state index contributed by atoms with van der Waals surface area (Å²) < 4.78 is 16.9. The van der Waals surface area contributed by atoms with Crippen molar-refractivity contribution in [2.75, 3.05) is 20.8 Å². The zero-order chi connectivity index (χ0) is 21.7. The third kappa shape index (κ3) is 4.92. The Morgan fingerprint density at radius 3 is 2.41 bits per heavy atom. The van der Waals surface area contributed by atoms with Crippen molar-refractivity contribution in [3.05, 3.63) is 40.7 Å². The molecule has 1 heterocycles. The van der Waals surface area contributed by atoms with Crippen LogP contribution in [0.2, 0.25) is 0 Å². The fourth-order valence-corrected chi connectivity index (χ4v) is 2.94. The number of nitrogens with one attached hydrogen (secondary N) is 1. The molecule has 9 nitrogen and oxygen atoms in total. The van der Waals surface area contributed by atoms with Crippen molar-refractivity contribution in [1.82, 2.24) is 15.1 Å². The van der Waals surface area contributed by atoms with Gasteiger partial charge in [-0.1, -0.05) is 0 Å². The maximum atomic E-state index is 12.3. The Morgan fingerprint density at radius 2 is 1.86 bits per heavy atom. The molecule has 9 heteroatoms. The van der Waals surface area contributed by atoms with Gasteiger partial charge in [0.2, 0.25) is 0 Å². The molecule has 0 saturated heterocycles. The van der Waals surface area contributed by atoms with Gasteiger partial charge in [0, 0.05) is 18.3 Å². The van der Waals surface area contributed by atoms with Crippen molar-refractivity contribution in [3.63, 3.8) is 0 Å². The van der Waals surface area contributed by atoms with Crippen molar-refractivity contribution in [1.29, 1.82) is 0 Å². The molecular formula is C20H25N3O6. The number of hydrogen-bond acceptors (Lipinski definition) is 7. The van der Waals surface area contributed by atoms with E-state index in [0.29, 0.717) is 28.5 Å². The van der Waals surface area contributed by atoms with Gasteiger partial charge >= 0.3 is 5.97 Å². The summed E-state index contributed by atoms with van der Waals surface area (Å²) in [6.07, 6.45) is 0. The van der Waals surface area contributed by atoms with Crippen LogP contribution in [-0.4, -0.2) is 48.3 Å². The lowest BCUT2D eigenvalue weighted by molar-refractivity contribution is -0.144. The molecule has 0 fully saturated rings. The van der Waals surface area contributed by atoms with Crippen molar-refractivity contribution < 1.29 is 28.6 Å². The zero-order valence-corrected chi connectivity index (χ0v) is 17.4. The number of esters is 1. The average Bonchev–Trinajstić information content (AvgIpc) is 2.96. The molecule has 1 unspecified atom stereocenters. The largest absolute Gasteiger partial charge is 0.497 e. The third-order valence-electron chi connectivity index (χ3n) is 4.54. The number of nitrogens with zero attached hydrogens (tertiary/aromatic N) is 2. The minimum Gasteiger partial charge on any atom is -0.497 e. The number of benzene rings is 1. The fourth-order valence-electron chi connectivity index (χ4n) is 2.94. The molecule has 1 atom stereocenters. The van der Waals surface area contributed by atoms with Crippen molar-refractivity contribution in [2.24, 2.45) is 7.05 Å². The summed E-state index contributed by atoms with van der Waals surface area (Å²) in [5.74, 6) is -1.30.